The summed E-state index contributed by atoms with van der Waals surface area (Å²) in [5, 5.41) is 2.89. The van der Waals surface area contributed by atoms with Gasteiger partial charge < -0.3 is 5.32 Å². The van der Waals surface area contributed by atoms with E-state index in [1.165, 1.54) is 0 Å². The van der Waals surface area contributed by atoms with Gasteiger partial charge in [0.1, 0.15) is 5.78 Å². The SMILES string of the molecule is O=C1CC[C@@H]2C(=O)CCC[C@@H]2N1. The zero-order valence-corrected chi connectivity index (χ0v) is 7.01. The number of carbonyl (C=O) groups excluding carboxylic acids is 2. The summed E-state index contributed by atoms with van der Waals surface area (Å²) in [5.41, 5.74) is 0. The summed E-state index contributed by atoms with van der Waals surface area (Å²) >= 11 is 0. The lowest BCUT2D eigenvalue weighted by molar-refractivity contribution is -0.131. The average molecular weight is 167 g/mol. The summed E-state index contributed by atoms with van der Waals surface area (Å²) in [6.07, 6.45) is 3.96. The van der Waals surface area contributed by atoms with Crippen LogP contribution in [0.2, 0.25) is 0 Å². The van der Waals surface area contributed by atoms with Crippen molar-refractivity contribution < 1.29 is 9.59 Å². The van der Waals surface area contributed by atoms with Crippen LogP contribution in [-0.4, -0.2) is 17.7 Å². The first-order chi connectivity index (χ1) is 5.77. The zero-order valence-electron chi connectivity index (χ0n) is 7.01. The highest BCUT2D eigenvalue weighted by molar-refractivity contribution is 5.86. The lowest BCUT2D eigenvalue weighted by atomic mass is 9.78. The van der Waals surface area contributed by atoms with Crippen molar-refractivity contribution in [1.82, 2.24) is 5.32 Å². The molecule has 1 saturated carbocycles. The largest absolute Gasteiger partial charge is 0.353 e. The maximum Gasteiger partial charge on any atom is 0.220 e. The van der Waals surface area contributed by atoms with E-state index in [0.717, 1.165) is 25.7 Å². The Bertz CT molecular complexity index is 225. The monoisotopic (exact) mass is 167 g/mol. The molecule has 1 amide bonds. The number of ketones is 1. The number of amides is 1. The number of hydrogen-bond donors (Lipinski definition) is 1. The van der Waals surface area contributed by atoms with Crippen LogP contribution in [0, 0.1) is 5.92 Å². The summed E-state index contributed by atoms with van der Waals surface area (Å²) in [5.74, 6) is 0.605. The number of piperidine rings is 1. The normalized spacial score (nSPS) is 35.7. The summed E-state index contributed by atoms with van der Waals surface area (Å²) in [6, 6.07) is 0.160. The van der Waals surface area contributed by atoms with Crippen LogP contribution >= 0.6 is 0 Å². The first kappa shape index (κ1) is 7.77. The van der Waals surface area contributed by atoms with Gasteiger partial charge in [0, 0.05) is 24.8 Å². The summed E-state index contributed by atoms with van der Waals surface area (Å²) in [7, 11) is 0. The number of Topliss-reactive ketones (excluding diaryl/α,β-unsaturated/α-hetero) is 1. The van der Waals surface area contributed by atoms with Crippen molar-refractivity contribution in [3.8, 4) is 0 Å². The molecule has 2 atom stereocenters. The van der Waals surface area contributed by atoms with Crippen molar-refractivity contribution in [1.29, 1.82) is 0 Å². The van der Waals surface area contributed by atoms with Crippen LogP contribution in [0.25, 0.3) is 0 Å². The Labute approximate surface area is 71.5 Å². The van der Waals surface area contributed by atoms with Gasteiger partial charge in [-0.15, -0.1) is 0 Å². The average Bonchev–Trinajstić information content (AvgIpc) is 2.04. The fourth-order valence-electron chi connectivity index (χ4n) is 2.21. The van der Waals surface area contributed by atoms with Crippen LogP contribution in [0.5, 0.6) is 0 Å². The fraction of sp³-hybridized carbons (Fsp3) is 0.778. The van der Waals surface area contributed by atoms with Crippen molar-refractivity contribution in [3.63, 3.8) is 0 Å². The van der Waals surface area contributed by atoms with Gasteiger partial charge in [-0.2, -0.15) is 0 Å². The van der Waals surface area contributed by atoms with E-state index in [-0.39, 0.29) is 17.9 Å². The molecule has 0 unspecified atom stereocenters. The number of hydrogen-bond acceptors (Lipinski definition) is 2. The van der Waals surface area contributed by atoms with E-state index in [4.69, 9.17) is 0 Å². The van der Waals surface area contributed by atoms with Crippen LogP contribution in [-0.2, 0) is 9.59 Å². The van der Waals surface area contributed by atoms with E-state index in [2.05, 4.69) is 5.32 Å². The number of rotatable bonds is 0. The Morgan fingerprint density at radius 2 is 2.00 bits per heavy atom. The molecule has 1 aliphatic carbocycles. The molecule has 2 fully saturated rings. The van der Waals surface area contributed by atoms with Gasteiger partial charge in [-0.25, -0.2) is 0 Å². The summed E-state index contributed by atoms with van der Waals surface area (Å²) < 4.78 is 0. The maximum atomic E-state index is 11.4. The van der Waals surface area contributed by atoms with Gasteiger partial charge in [0.2, 0.25) is 5.91 Å². The van der Waals surface area contributed by atoms with Crippen molar-refractivity contribution in [2.75, 3.05) is 0 Å². The first-order valence-electron chi connectivity index (χ1n) is 4.59. The third kappa shape index (κ3) is 1.24. The number of nitrogens with one attached hydrogen (secondary N) is 1. The lowest BCUT2D eigenvalue weighted by Gasteiger charge is -2.34. The lowest BCUT2D eigenvalue weighted by Crippen LogP contribution is -2.49. The molecule has 3 nitrogen and oxygen atoms in total. The molecule has 0 aromatic carbocycles. The van der Waals surface area contributed by atoms with Gasteiger partial charge in [-0.3, -0.25) is 9.59 Å². The molecule has 66 valence electrons. The Kier molecular flexibility index (Phi) is 1.87. The third-order valence-corrected chi connectivity index (χ3v) is 2.87. The molecule has 0 bridgehead atoms. The molecule has 0 radical (unpaired) electrons. The van der Waals surface area contributed by atoms with Crippen LogP contribution in [0.4, 0.5) is 0 Å². The van der Waals surface area contributed by atoms with E-state index < -0.39 is 0 Å². The van der Waals surface area contributed by atoms with Gasteiger partial charge in [-0.1, -0.05) is 0 Å². The van der Waals surface area contributed by atoms with E-state index in [1.54, 1.807) is 0 Å². The minimum absolute atomic E-state index is 0.117. The standard InChI is InChI=1S/C9H13NO2/c11-8-3-1-2-7-6(8)4-5-9(12)10-7/h6-7H,1-5H2,(H,10,12)/t6-,7-/m0/s1. The molecule has 12 heavy (non-hydrogen) atoms. The van der Waals surface area contributed by atoms with Gasteiger partial charge in [0.15, 0.2) is 0 Å². The molecule has 2 aliphatic rings. The van der Waals surface area contributed by atoms with Crippen LogP contribution in [0.15, 0.2) is 0 Å². The second-order valence-corrected chi connectivity index (χ2v) is 3.68. The Balaban J connectivity index is 2.09. The Morgan fingerprint density at radius 1 is 1.17 bits per heavy atom. The minimum atomic E-state index is 0.117. The molecule has 0 aromatic rings. The number of fused-ring (bicyclic) bond motifs is 1. The molecule has 0 aromatic heterocycles. The van der Waals surface area contributed by atoms with Gasteiger partial charge in [-0.05, 0) is 19.3 Å². The molecule has 2 rings (SSSR count). The smallest absolute Gasteiger partial charge is 0.220 e. The highest BCUT2D eigenvalue weighted by Gasteiger charge is 2.35. The van der Waals surface area contributed by atoms with Crippen LogP contribution < -0.4 is 5.32 Å². The quantitative estimate of drug-likeness (QED) is 0.575. The highest BCUT2D eigenvalue weighted by atomic mass is 16.2. The van der Waals surface area contributed by atoms with Crippen molar-refractivity contribution in [2.24, 2.45) is 5.92 Å². The number of carbonyl (C=O) groups is 2. The van der Waals surface area contributed by atoms with Crippen molar-refractivity contribution in [3.05, 3.63) is 0 Å². The predicted octanol–water partition coefficient (Wildman–Crippen LogP) is 0.634. The topological polar surface area (TPSA) is 46.2 Å². The van der Waals surface area contributed by atoms with E-state index in [1.807, 2.05) is 0 Å². The molecular formula is C9H13NO2. The molecule has 1 saturated heterocycles. The molecule has 1 aliphatic heterocycles. The maximum absolute atomic E-state index is 11.4. The van der Waals surface area contributed by atoms with Crippen molar-refractivity contribution in [2.45, 2.75) is 38.1 Å². The molecular weight excluding hydrogens is 154 g/mol. The van der Waals surface area contributed by atoms with E-state index in [9.17, 15) is 9.59 Å². The molecule has 1 N–H and O–H groups in total. The third-order valence-electron chi connectivity index (χ3n) is 2.87. The zero-order chi connectivity index (χ0) is 8.55. The second-order valence-electron chi connectivity index (χ2n) is 3.68. The van der Waals surface area contributed by atoms with E-state index >= 15 is 0 Å². The Hall–Kier alpha value is -0.860. The minimum Gasteiger partial charge on any atom is -0.353 e. The summed E-state index contributed by atoms with van der Waals surface area (Å²) in [6.45, 7) is 0. The van der Waals surface area contributed by atoms with Crippen LogP contribution in [0.3, 0.4) is 0 Å². The molecule has 1 heterocycles. The van der Waals surface area contributed by atoms with Gasteiger partial charge in [0.25, 0.3) is 0 Å². The summed E-state index contributed by atoms with van der Waals surface area (Å²) in [4.78, 5) is 22.4. The van der Waals surface area contributed by atoms with Crippen LogP contribution in [0.1, 0.15) is 32.1 Å². The van der Waals surface area contributed by atoms with Crippen molar-refractivity contribution >= 4 is 11.7 Å². The predicted molar refractivity (Wildman–Crippen MR) is 43.5 cm³/mol. The molecule has 0 spiro atoms. The van der Waals surface area contributed by atoms with E-state index in [0.29, 0.717) is 12.2 Å². The fourth-order valence-corrected chi connectivity index (χ4v) is 2.21. The molecule has 3 heteroatoms. The highest BCUT2D eigenvalue weighted by Crippen LogP contribution is 2.27. The first-order valence-corrected chi connectivity index (χ1v) is 4.59. The Morgan fingerprint density at radius 3 is 2.83 bits per heavy atom. The van der Waals surface area contributed by atoms with Gasteiger partial charge >= 0.3 is 0 Å². The van der Waals surface area contributed by atoms with Gasteiger partial charge in [0.05, 0.1) is 0 Å². The second kappa shape index (κ2) is 2.88.